The molecule has 0 aliphatic heterocycles. The van der Waals surface area contributed by atoms with Crippen LogP contribution in [-0.4, -0.2) is 28.3 Å². The molecule has 2 N–H and O–H groups in total. The Hall–Kier alpha value is -1.31. The van der Waals surface area contributed by atoms with Gasteiger partial charge in [-0.15, -0.1) is 0 Å². The Kier molecular flexibility index (Phi) is 4.40. The minimum absolute atomic E-state index is 0.367. The predicted molar refractivity (Wildman–Crippen MR) is 68.7 cm³/mol. The fourth-order valence-electron chi connectivity index (χ4n) is 1.35. The summed E-state index contributed by atoms with van der Waals surface area (Å²) in [5.41, 5.74) is 6.61. The molecule has 0 saturated carbocycles. The molecule has 2 aromatic rings. The number of nitrogens with zero attached hydrogens (tertiary/aromatic N) is 3. The molecule has 0 bridgehead atoms. The van der Waals surface area contributed by atoms with Crippen molar-refractivity contribution in [3.8, 4) is 11.5 Å². The zero-order valence-corrected chi connectivity index (χ0v) is 11.4. The third-order valence-electron chi connectivity index (χ3n) is 2.23. The van der Waals surface area contributed by atoms with Crippen molar-refractivity contribution in [3.05, 3.63) is 28.8 Å². The molecule has 0 saturated heterocycles. The number of halogens is 1. The van der Waals surface area contributed by atoms with Gasteiger partial charge in [-0.1, -0.05) is 5.16 Å². The van der Waals surface area contributed by atoms with Gasteiger partial charge in [0.05, 0.1) is 18.2 Å². The van der Waals surface area contributed by atoms with E-state index in [0.29, 0.717) is 24.9 Å². The van der Waals surface area contributed by atoms with E-state index < -0.39 is 0 Å². The van der Waals surface area contributed by atoms with Gasteiger partial charge >= 0.3 is 0 Å². The normalized spacial score (nSPS) is 12.6. The Morgan fingerprint density at radius 1 is 1.50 bits per heavy atom. The second kappa shape index (κ2) is 6.03. The van der Waals surface area contributed by atoms with Crippen LogP contribution in [0.15, 0.2) is 27.5 Å². The van der Waals surface area contributed by atoms with Gasteiger partial charge in [-0.2, -0.15) is 4.98 Å². The van der Waals surface area contributed by atoms with E-state index >= 15 is 0 Å². The smallest absolute Gasteiger partial charge is 0.259 e. The third-order valence-corrected chi connectivity index (χ3v) is 2.66. The first kappa shape index (κ1) is 13.1. The van der Waals surface area contributed by atoms with Crippen LogP contribution in [0.5, 0.6) is 0 Å². The molecule has 6 nitrogen and oxygen atoms in total. The predicted octanol–water partition coefficient (Wildman–Crippen LogP) is 1.93. The van der Waals surface area contributed by atoms with Crippen LogP contribution in [0.2, 0.25) is 0 Å². The van der Waals surface area contributed by atoms with Crippen LogP contribution < -0.4 is 5.73 Å². The van der Waals surface area contributed by atoms with Crippen LogP contribution in [0, 0.1) is 0 Å². The molecule has 0 aliphatic carbocycles. The van der Waals surface area contributed by atoms with Gasteiger partial charge in [0.25, 0.3) is 5.89 Å². The summed E-state index contributed by atoms with van der Waals surface area (Å²) in [7, 11) is 0. The minimum Gasteiger partial charge on any atom is -0.380 e. The van der Waals surface area contributed by atoms with E-state index in [1.807, 2.05) is 13.0 Å². The SMILES string of the molecule is CCOCC(N)c1noc(-c2cncc(Br)c2)n1. The maximum atomic E-state index is 5.87. The number of hydrogen-bond donors (Lipinski definition) is 1. The van der Waals surface area contributed by atoms with Crippen LogP contribution >= 0.6 is 15.9 Å². The Labute approximate surface area is 113 Å². The van der Waals surface area contributed by atoms with E-state index in [4.69, 9.17) is 15.0 Å². The molecule has 0 aromatic carbocycles. The molecule has 2 heterocycles. The summed E-state index contributed by atoms with van der Waals surface area (Å²) in [5.74, 6) is 0.823. The molecule has 0 radical (unpaired) electrons. The van der Waals surface area contributed by atoms with Crippen molar-refractivity contribution in [2.75, 3.05) is 13.2 Å². The van der Waals surface area contributed by atoms with Crippen molar-refractivity contribution in [3.63, 3.8) is 0 Å². The summed E-state index contributed by atoms with van der Waals surface area (Å²) in [4.78, 5) is 8.26. The summed E-state index contributed by atoms with van der Waals surface area (Å²) in [5, 5.41) is 3.84. The minimum atomic E-state index is -0.387. The molecule has 0 amide bonds. The fourth-order valence-corrected chi connectivity index (χ4v) is 1.72. The number of pyridine rings is 1. The molecular formula is C11H13BrN4O2. The van der Waals surface area contributed by atoms with Crippen molar-refractivity contribution in [2.24, 2.45) is 5.73 Å². The van der Waals surface area contributed by atoms with Gasteiger partial charge < -0.3 is 15.0 Å². The zero-order chi connectivity index (χ0) is 13.0. The summed E-state index contributed by atoms with van der Waals surface area (Å²) in [6, 6.07) is 1.46. The molecule has 0 spiro atoms. The van der Waals surface area contributed by atoms with Crippen LogP contribution in [-0.2, 0) is 4.74 Å². The first-order valence-corrected chi connectivity index (χ1v) is 6.28. The Morgan fingerprint density at radius 2 is 2.33 bits per heavy atom. The average molecular weight is 313 g/mol. The van der Waals surface area contributed by atoms with Gasteiger partial charge in [-0.05, 0) is 28.9 Å². The van der Waals surface area contributed by atoms with Crippen LogP contribution in [0.4, 0.5) is 0 Å². The first-order valence-electron chi connectivity index (χ1n) is 5.48. The molecular weight excluding hydrogens is 300 g/mol. The van der Waals surface area contributed by atoms with E-state index in [1.54, 1.807) is 12.4 Å². The zero-order valence-electron chi connectivity index (χ0n) is 9.84. The maximum Gasteiger partial charge on any atom is 0.259 e. The van der Waals surface area contributed by atoms with Gasteiger partial charge in [0, 0.05) is 23.5 Å². The van der Waals surface area contributed by atoms with Crippen molar-refractivity contribution in [1.29, 1.82) is 0 Å². The topological polar surface area (TPSA) is 87.1 Å². The highest BCUT2D eigenvalue weighted by molar-refractivity contribution is 9.10. The second-order valence-corrected chi connectivity index (χ2v) is 4.53. The monoisotopic (exact) mass is 312 g/mol. The largest absolute Gasteiger partial charge is 0.380 e. The highest BCUT2D eigenvalue weighted by Gasteiger charge is 2.15. The van der Waals surface area contributed by atoms with Crippen LogP contribution in [0.1, 0.15) is 18.8 Å². The lowest BCUT2D eigenvalue weighted by atomic mass is 10.3. The Morgan fingerprint density at radius 3 is 3.06 bits per heavy atom. The van der Waals surface area contributed by atoms with Crippen LogP contribution in [0.3, 0.4) is 0 Å². The molecule has 96 valence electrons. The van der Waals surface area contributed by atoms with Gasteiger partial charge in [-0.25, -0.2) is 0 Å². The van der Waals surface area contributed by atoms with Gasteiger partial charge in [0.2, 0.25) is 0 Å². The summed E-state index contributed by atoms with van der Waals surface area (Å²) in [6.07, 6.45) is 3.33. The quantitative estimate of drug-likeness (QED) is 0.907. The molecule has 7 heteroatoms. The van der Waals surface area contributed by atoms with E-state index in [9.17, 15) is 0 Å². The van der Waals surface area contributed by atoms with Gasteiger partial charge in [-0.3, -0.25) is 4.98 Å². The molecule has 1 unspecified atom stereocenters. The van der Waals surface area contributed by atoms with Crippen molar-refractivity contribution in [2.45, 2.75) is 13.0 Å². The average Bonchev–Trinajstić information content (AvgIpc) is 2.85. The lowest BCUT2D eigenvalue weighted by molar-refractivity contribution is 0.130. The van der Waals surface area contributed by atoms with Gasteiger partial charge in [0.1, 0.15) is 0 Å². The summed E-state index contributed by atoms with van der Waals surface area (Å²) < 4.78 is 11.2. The lowest BCUT2D eigenvalue weighted by Gasteiger charge is -2.05. The number of hydrogen-bond acceptors (Lipinski definition) is 6. The molecule has 1 atom stereocenters. The van der Waals surface area contributed by atoms with E-state index in [1.165, 1.54) is 0 Å². The Balaban J connectivity index is 2.15. The maximum absolute atomic E-state index is 5.87. The van der Waals surface area contributed by atoms with Crippen molar-refractivity contribution >= 4 is 15.9 Å². The highest BCUT2D eigenvalue weighted by atomic mass is 79.9. The lowest BCUT2D eigenvalue weighted by Crippen LogP contribution is -2.18. The highest BCUT2D eigenvalue weighted by Crippen LogP contribution is 2.21. The van der Waals surface area contributed by atoms with Crippen LogP contribution in [0.25, 0.3) is 11.5 Å². The number of rotatable bonds is 5. The number of aromatic nitrogens is 3. The summed E-state index contributed by atoms with van der Waals surface area (Å²) in [6.45, 7) is 2.88. The molecule has 2 rings (SSSR count). The standard InChI is InChI=1S/C11H13BrN4O2/c1-2-17-6-9(13)10-15-11(18-16-10)7-3-8(12)5-14-4-7/h3-5,9H,2,6,13H2,1H3. The Bertz CT molecular complexity index is 517. The molecule has 0 fully saturated rings. The van der Waals surface area contributed by atoms with Gasteiger partial charge in [0.15, 0.2) is 5.82 Å². The summed E-state index contributed by atoms with van der Waals surface area (Å²) >= 11 is 3.33. The molecule has 18 heavy (non-hydrogen) atoms. The van der Waals surface area contributed by atoms with E-state index in [2.05, 4.69) is 31.1 Å². The number of ether oxygens (including phenoxy) is 1. The second-order valence-electron chi connectivity index (χ2n) is 3.62. The molecule has 0 aliphatic rings. The first-order chi connectivity index (χ1) is 8.70. The number of nitrogens with two attached hydrogens (primary N) is 1. The third kappa shape index (κ3) is 3.12. The molecule has 2 aromatic heterocycles. The van der Waals surface area contributed by atoms with Crippen molar-refractivity contribution < 1.29 is 9.26 Å². The fraction of sp³-hybridized carbons (Fsp3) is 0.364. The van der Waals surface area contributed by atoms with E-state index in [-0.39, 0.29) is 6.04 Å². The van der Waals surface area contributed by atoms with Crippen molar-refractivity contribution in [1.82, 2.24) is 15.1 Å². The van der Waals surface area contributed by atoms with E-state index in [0.717, 1.165) is 10.0 Å².